The number of rotatable bonds is 3. The fourth-order valence-electron chi connectivity index (χ4n) is 2.43. The number of nitrogens with zero attached hydrogens (tertiary/aromatic N) is 4. The van der Waals surface area contributed by atoms with Gasteiger partial charge >= 0.3 is 0 Å². The van der Waals surface area contributed by atoms with Gasteiger partial charge in [0, 0.05) is 19.3 Å². The van der Waals surface area contributed by atoms with E-state index in [0.717, 1.165) is 22.8 Å². The number of hydrogen-bond donors (Lipinski definition) is 0. The normalized spacial score (nSPS) is 10.0. The summed E-state index contributed by atoms with van der Waals surface area (Å²) in [6.45, 7) is 0. The summed E-state index contributed by atoms with van der Waals surface area (Å²) in [6.07, 6.45) is 1.76. The van der Waals surface area contributed by atoms with Crippen molar-refractivity contribution in [3.05, 3.63) is 84.8 Å². The molecule has 0 atom stereocenters. The summed E-state index contributed by atoms with van der Waals surface area (Å²) in [5.74, 6) is 0.408. The first-order valence-corrected chi connectivity index (χ1v) is 8.35. The summed E-state index contributed by atoms with van der Waals surface area (Å²) in [4.78, 5) is 8.74. The van der Waals surface area contributed by atoms with Gasteiger partial charge in [0.1, 0.15) is 11.5 Å². The molecule has 0 unspecified atom stereocenters. The van der Waals surface area contributed by atoms with Gasteiger partial charge in [-0.2, -0.15) is 5.10 Å². The second-order valence-electron chi connectivity index (χ2n) is 5.61. The maximum atomic E-state index is 11.9. The van der Waals surface area contributed by atoms with Gasteiger partial charge in [-0.25, -0.2) is 9.37 Å². The van der Waals surface area contributed by atoms with Crippen LogP contribution in [0.3, 0.4) is 0 Å². The summed E-state index contributed by atoms with van der Waals surface area (Å²) in [5.41, 5.74) is 3.41. The number of ether oxygens (including phenoxy) is 1. The molecule has 6 heteroatoms. The Morgan fingerprint density at radius 3 is 2.22 bits per heavy atom. The first kappa shape index (κ1) is 18.3. The molecule has 0 amide bonds. The number of aromatic nitrogens is 4. The molecule has 0 spiro atoms. The van der Waals surface area contributed by atoms with Gasteiger partial charge in [0.15, 0.2) is 0 Å². The van der Waals surface area contributed by atoms with Crippen LogP contribution in [0.1, 0.15) is 0 Å². The summed E-state index contributed by atoms with van der Waals surface area (Å²) >= 11 is 0. The Morgan fingerprint density at radius 1 is 0.852 bits per heavy atom. The molecule has 3 aromatic heterocycles. The van der Waals surface area contributed by atoms with Gasteiger partial charge in [-0.3, -0.25) is 9.67 Å². The quantitative estimate of drug-likeness (QED) is 0.543. The minimum atomic E-state index is -0.178. The molecule has 136 valence electrons. The number of halogens is 1. The van der Waals surface area contributed by atoms with E-state index < -0.39 is 0 Å². The first-order chi connectivity index (χ1) is 13.2. The van der Waals surface area contributed by atoms with Gasteiger partial charge in [0.05, 0.1) is 24.2 Å². The molecule has 4 rings (SSSR count). The monoisotopic (exact) mass is 362 g/mol. The zero-order valence-electron chi connectivity index (χ0n) is 15.1. The predicted octanol–water partition coefficient (Wildman–Crippen LogP) is 4.38. The standard InChI is InChI=1S/C15H14N4O.C6H5F/c1-19-14(12-7-5-8-15(17-12)20-2)10-13(18-19)11-6-3-4-9-16-11;7-6-4-2-1-3-5-6/h3-10H,1-2H3;1-5H. The van der Waals surface area contributed by atoms with E-state index in [1.807, 2.05) is 49.5 Å². The van der Waals surface area contributed by atoms with Crippen molar-refractivity contribution in [2.75, 3.05) is 7.11 Å². The zero-order valence-corrected chi connectivity index (χ0v) is 15.1. The molecule has 3 heterocycles. The van der Waals surface area contributed by atoms with Gasteiger partial charge in [0.25, 0.3) is 0 Å². The second kappa shape index (κ2) is 8.71. The molecule has 0 fully saturated rings. The molecule has 0 N–H and O–H groups in total. The minimum absolute atomic E-state index is 0.178. The summed E-state index contributed by atoms with van der Waals surface area (Å²) in [5, 5.41) is 4.49. The van der Waals surface area contributed by atoms with Crippen LogP contribution in [0, 0.1) is 5.82 Å². The minimum Gasteiger partial charge on any atom is -0.481 e. The van der Waals surface area contributed by atoms with Crippen LogP contribution in [-0.4, -0.2) is 26.9 Å². The summed E-state index contributed by atoms with van der Waals surface area (Å²) in [6, 6.07) is 21.3. The molecule has 0 radical (unpaired) electrons. The highest BCUT2D eigenvalue weighted by Gasteiger charge is 2.11. The summed E-state index contributed by atoms with van der Waals surface area (Å²) < 4.78 is 18.9. The number of benzene rings is 1. The number of hydrogen-bond acceptors (Lipinski definition) is 4. The van der Waals surface area contributed by atoms with E-state index in [1.165, 1.54) is 12.1 Å². The molecule has 0 bridgehead atoms. The van der Waals surface area contributed by atoms with Crippen molar-refractivity contribution < 1.29 is 9.13 Å². The third-order valence-corrected chi connectivity index (χ3v) is 3.74. The average Bonchev–Trinajstić information content (AvgIpc) is 3.11. The third kappa shape index (κ3) is 4.76. The van der Waals surface area contributed by atoms with Crippen LogP contribution in [0.2, 0.25) is 0 Å². The molecule has 5 nitrogen and oxygen atoms in total. The van der Waals surface area contributed by atoms with Crippen molar-refractivity contribution in [3.63, 3.8) is 0 Å². The van der Waals surface area contributed by atoms with Crippen molar-refractivity contribution in [2.24, 2.45) is 7.05 Å². The van der Waals surface area contributed by atoms with Gasteiger partial charge in [-0.1, -0.05) is 30.3 Å². The van der Waals surface area contributed by atoms with Gasteiger partial charge in [-0.05, 0) is 36.4 Å². The maximum Gasteiger partial charge on any atom is 0.213 e. The lowest BCUT2D eigenvalue weighted by atomic mass is 10.2. The molecular formula is C21H19FN4O. The molecule has 1 aromatic carbocycles. The lowest BCUT2D eigenvalue weighted by molar-refractivity contribution is 0.398. The highest BCUT2D eigenvalue weighted by Crippen LogP contribution is 2.24. The van der Waals surface area contributed by atoms with E-state index >= 15 is 0 Å². The highest BCUT2D eigenvalue weighted by molar-refractivity contribution is 5.64. The Labute approximate surface area is 157 Å². The van der Waals surface area contributed by atoms with E-state index in [0.29, 0.717) is 5.88 Å². The maximum absolute atomic E-state index is 11.9. The van der Waals surface area contributed by atoms with Crippen LogP contribution >= 0.6 is 0 Å². The Bertz CT molecular complexity index is 988. The zero-order chi connectivity index (χ0) is 19.1. The Kier molecular flexibility index (Phi) is 5.89. The van der Waals surface area contributed by atoms with E-state index in [2.05, 4.69) is 15.1 Å². The topological polar surface area (TPSA) is 52.8 Å². The number of aryl methyl sites for hydroxylation is 1. The van der Waals surface area contributed by atoms with Crippen LogP contribution in [0.4, 0.5) is 4.39 Å². The smallest absolute Gasteiger partial charge is 0.213 e. The number of methoxy groups -OCH3 is 1. The second-order valence-corrected chi connectivity index (χ2v) is 5.61. The molecule has 0 saturated heterocycles. The first-order valence-electron chi connectivity index (χ1n) is 8.35. The Morgan fingerprint density at radius 2 is 1.59 bits per heavy atom. The lowest BCUT2D eigenvalue weighted by Crippen LogP contribution is -1.96. The van der Waals surface area contributed by atoms with Gasteiger partial charge in [0.2, 0.25) is 5.88 Å². The van der Waals surface area contributed by atoms with Crippen LogP contribution in [0.5, 0.6) is 5.88 Å². The molecular weight excluding hydrogens is 343 g/mol. The largest absolute Gasteiger partial charge is 0.481 e. The van der Waals surface area contributed by atoms with E-state index in [9.17, 15) is 4.39 Å². The number of pyridine rings is 2. The van der Waals surface area contributed by atoms with Crippen LogP contribution in [0.25, 0.3) is 22.8 Å². The predicted molar refractivity (Wildman–Crippen MR) is 103 cm³/mol. The van der Waals surface area contributed by atoms with Gasteiger partial charge in [-0.15, -0.1) is 0 Å². The SMILES string of the molecule is COc1cccc(-c2cc(-c3ccccn3)nn2C)n1.Fc1ccccc1. The van der Waals surface area contributed by atoms with Crippen molar-refractivity contribution in [1.82, 2.24) is 19.7 Å². The molecule has 27 heavy (non-hydrogen) atoms. The fraction of sp³-hybridized carbons (Fsp3) is 0.0952. The summed E-state index contributed by atoms with van der Waals surface area (Å²) in [7, 11) is 3.50. The lowest BCUT2D eigenvalue weighted by Gasteiger charge is -2.03. The molecule has 0 aliphatic heterocycles. The van der Waals surface area contributed by atoms with Gasteiger partial charge < -0.3 is 4.74 Å². The van der Waals surface area contributed by atoms with Crippen molar-refractivity contribution >= 4 is 0 Å². The molecule has 0 aliphatic carbocycles. The van der Waals surface area contributed by atoms with Crippen molar-refractivity contribution in [1.29, 1.82) is 0 Å². The average molecular weight is 362 g/mol. The molecule has 0 saturated carbocycles. The highest BCUT2D eigenvalue weighted by atomic mass is 19.1. The fourth-order valence-corrected chi connectivity index (χ4v) is 2.43. The van der Waals surface area contributed by atoms with E-state index in [1.54, 1.807) is 36.2 Å². The molecule has 4 aromatic rings. The van der Waals surface area contributed by atoms with E-state index in [4.69, 9.17) is 4.74 Å². The van der Waals surface area contributed by atoms with Crippen molar-refractivity contribution in [3.8, 4) is 28.7 Å². The van der Waals surface area contributed by atoms with Crippen molar-refractivity contribution in [2.45, 2.75) is 0 Å². The van der Waals surface area contributed by atoms with Crippen LogP contribution < -0.4 is 4.74 Å². The third-order valence-electron chi connectivity index (χ3n) is 3.74. The Balaban J connectivity index is 0.000000253. The van der Waals surface area contributed by atoms with E-state index in [-0.39, 0.29) is 5.82 Å². The van der Waals surface area contributed by atoms with Crippen LogP contribution in [0.15, 0.2) is 79.0 Å². The Hall–Kier alpha value is -3.54. The van der Waals surface area contributed by atoms with Crippen LogP contribution in [-0.2, 0) is 7.05 Å². The molecule has 0 aliphatic rings.